The normalized spacial score (nSPS) is 19.5. The fourth-order valence-corrected chi connectivity index (χ4v) is 2.28. The van der Waals surface area contributed by atoms with Gasteiger partial charge >= 0.3 is 0 Å². The van der Waals surface area contributed by atoms with E-state index >= 15 is 0 Å². The summed E-state index contributed by atoms with van der Waals surface area (Å²) in [6, 6.07) is 6.74. The number of aliphatic hydroxyl groups is 1. The molecule has 1 atom stereocenters. The van der Waals surface area contributed by atoms with Gasteiger partial charge in [-0.1, -0.05) is 18.2 Å². The molecule has 0 aliphatic heterocycles. The molecule has 2 heteroatoms. The standard InChI is InChI=1S/C14H21NO/c1-10-5-4-6-13(11(10)2)12(3)15-14(9-16)7-8-14/h4-6,12,15-16H,7-9H2,1-3H3. The average Bonchev–Trinajstić information content (AvgIpc) is 3.02. The van der Waals surface area contributed by atoms with Crippen molar-refractivity contribution in [3.63, 3.8) is 0 Å². The molecule has 0 saturated heterocycles. The molecule has 1 aliphatic rings. The highest BCUT2D eigenvalue weighted by molar-refractivity contribution is 5.35. The van der Waals surface area contributed by atoms with Gasteiger partial charge in [-0.2, -0.15) is 0 Å². The van der Waals surface area contributed by atoms with Gasteiger partial charge in [-0.3, -0.25) is 0 Å². The zero-order chi connectivity index (χ0) is 11.8. The zero-order valence-electron chi connectivity index (χ0n) is 10.4. The maximum absolute atomic E-state index is 9.31. The fraction of sp³-hybridized carbons (Fsp3) is 0.571. The van der Waals surface area contributed by atoms with Crippen molar-refractivity contribution in [2.24, 2.45) is 0 Å². The summed E-state index contributed by atoms with van der Waals surface area (Å²) in [5, 5.41) is 12.9. The Morgan fingerprint density at radius 1 is 1.38 bits per heavy atom. The highest BCUT2D eigenvalue weighted by Gasteiger charge is 2.42. The second kappa shape index (κ2) is 4.19. The van der Waals surface area contributed by atoms with E-state index in [0.717, 1.165) is 12.8 Å². The molecule has 1 unspecified atom stereocenters. The van der Waals surface area contributed by atoms with Gasteiger partial charge in [-0.15, -0.1) is 0 Å². The minimum absolute atomic E-state index is 0.00953. The molecule has 0 bridgehead atoms. The molecule has 1 aromatic carbocycles. The summed E-state index contributed by atoms with van der Waals surface area (Å²) < 4.78 is 0. The van der Waals surface area contributed by atoms with E-state index in [9.17, 15) is 5.11 Å². The van der Waals surface area contributed by atoms with Crippen LogP contribution in [-0.4, -0.2) is 17.3 Å². The van der Waals surface area contributed by atoms with Crippen LogP contribution in [0.2, 0.25) is 0 Å². The molecule has 1 fully saturated rings. The number of nitrogens with one attached hydrogen (secondary N) is 1. The number of rotatable bonds is 4. The third kappa shape index (κ3) is 2.13. The topological polar surface area (TPSA) is 32.3 Å². The van der Waals surface area contributed by atoms with Crippen LogP contribution in [0.3, 0.4) is 0 Å². The van der Waals surface area contributed by atoms with E-state index in [2.05, 4.69) is 44.3 Å². The van der Waals surface area contributed by atoms with Crippen LogP contribution in [0, 0.1) is 13.8 Å². The quantitative estimate of drug-likeness (QED) is 0.815. The lowest BCUT2D eigenvalue weighted by Gasteiger charge is -2.23. The molecule has 2 nitrogen and oxygen atoms in total. The summed E-state index contributed by atoms with van der Waals surface area (Å²) in [6.07, 6.45) is 2.19. The summed E-state index contributed by atoms with van der Waals surface area (Å²) in [6.45, 7) is 6.74. The maximum atomic E-state index is 9.31. The molecule has 0 aromatic heterocycles. The Kier molecular flexibility index (Phi) is 3.04. The molecule has 1 saturated carbocycles. The van der Waals surface area contributed by atoms with E-state index in [-0.39, 0.29) is 12.1 Å². The predicted molar refractivity (Wildman–Crippen MR) is 66.5 cm³/mol. The lowest BCUT2D eigenvalue weighted by molar-refractivity contribution is 0.221. The van der Waals surface area contributed by atoms with Crippen LogP contribution in [0.5, 0.6) is 0 Å². The van der Waals surface area contributed by atoms with Gasteiger partial charge in [0, 0.05) is 11.6 Å². The third-order valence-corrected chi connectivity index (χ3v) is 3.79. The van der Waals surface area contributed by atoms with E-state index < -0.39 is 0 Å². The molecule has 2 N–H and O–H groups in total. The van der Waals surface area contributed by atoms with Gasteiger partial charge in [0.1, 0.15) is 0 Å². The Bertz CT molecular complexity index is 382. The Labute approximate surface area is 97.7 Å². The molecular weight excluding hydrogens is 198 g/mol. The molecule has 0 amide bonds. The maximum Gasteiger partial charge on any atom is 0.0613 e. The number of aryl methyl sites for hydroxylation is 1. The zero-order valence-corrected chi connectivity index (χ0v) is 10.4. The molecule has 0 heterocycles. The van der Waals surface area contributed by atoms with Crippen LogP contribution in [0.4, 0.5) is 0 Å². The Morgan fingerprint density at radius 3 is 2.62 bits per heavy atom. The van der Waals surface area contributed by atoms with E-state index in [1.807, 2.05) is 0 Å². The van der Waals surface area contributed by atoms with Crippen molar-refractivity contribution in [3.05, 3.63) is 34.9 Å². The Morgan fingerprint density at radius 2 is 2.06 bits per heavy atom. The SMILES string of the molecule is Cc1cccc(C(C)NC2(CO)CC2)c1C. The largest absolute Gasteiger partial charge is 0.394 e. The molecule has 2 rings (SSSR count). The first-order valence-corrected chi connectivity index (χ1v) is 6.03. The highest BCUT2D eigenvalue weighted by Crippen LogP contribution is 2.37. The van der Waals surface area contributed by atoms with Gasteiger partial charge in [0.2, 0.25) is 0 Å². The summed E-state index contributed by atoms with van der Waals surface area (Å²) in [5.74, 6) is 0. The monoisotopic (exact) mass is 219 g/mol. The van der Waals surface area contributed by atoms with Crippen molar-refractivity contribution in [2.75, 3.05) is 6.61 Å². The van der Waals surface area contributed by atoms with Gasteiger partial charge in [0.15, 0.2) is 0 Å². The number of benzene rings is 1. The van der Waals surface area contributed by atoms with E-state index in [0.29, 0.717) is 6.04 Å². The van der Waals surface area contributed by atoms with E-state index in [1.165, 1.54) is 16.7 Å². The van der Waals surface area contributed by atoms with Crippen LogP contribution >= 0.6 is 0 Å². The van der Waals surface area contributed by atoms with Crippen molar-refractivity contribution in [2.45, 2.75) is 45.2 Å². The first kappa shape index (κ1) is 11.6. The molecule has 88 valence electrons. The van der Waals surface area contributed by atoms with Crippen LogP contribution in [-0.2, 0) is 0 Å². The molecule has 1 aliphatic carbocycles. The van der Waals surface area contributed by atoms with Crippen molar-refractivity contribution in [1.82, 2.24) is 5.32 Å². The molecule has 0 radical (unpaired) electrons. The van der Waals surface area contributed by atoms with Gasteiger partial charge in [0.25, 0.3) is 0 Å². The van der Waals surface area contributed by atoms with Crippen molar-refractivity contribution in [1.29, 1.82) is 0 Å². The molecule has 16 heavy (non-hydrogen) atoms. The Balaban J connectivity index is 2.14. The van der Waals surface area contributed by atoms with Crippen LogP contribution in [0.15, 0.2) is 18.2 Å². The highest BCUT2D eigenvalue weighted by atomic mass is 16.3. The van der Waals surface area contributed by atoms with Crippen molar-refractivity contribution < 1.29 is 5.11 Å². The minimum Gasteiger partial charge on any atom is -0.394 e. The van der Waals surface area contributed by atoms with Crippen molar-refractivity contribution >= 4 is 0 Å². The smallest absolute Gasteiger partial charge is 0.0613 e. The van der Waals surface area contributed by atoms with E-state index in [1.54, 1.807) is 0 Å². The minimum atomic E-state index is 0.00953. The van der Waals surface area contributed by atoms with Crippen molar-refractivity contribution in [3.8, 4) is 0 Å². The predicted octanol–water partition coefficient (Wildman–Crippen LogP) is 2.48. The van der Waals surface area contributed by atoms with Crippen LogP contribution < -0.4 is 5.32 Å². The summed E-state index contributed by atoms with van der Waals surface area (Å²) in [5.41, 5.74) is 4.05. The fourth-order valence-electron chi connectivity index (χ4n) is 2.28. The molecule has 0 spiro atoms. The lowest BCUT2D eigenvalue weighted by atomic mass is 9.98. The third-order valence-electron chi connectivity index (χ3n) is 3.79. The van der Waals surface area contributed by atoms with Crippen LogP contribution in [0.1, 0.15) is 42.5 Å². The average molecular weight is 219 g/mol. The first-order chi connectivity index (χ1) is 7.58. The van der Waals surface area contributed by atoms with Gasteiger partial charge in [0.05, 0.1) is 6.61 Å². The summed E-state index contributed by atoms with van der Waals surface area (Å²) in [4.78, 5) is 0. The second-order valence-electron chi connectivity index (χ2n) is 5.09. The number of hydrogen-bond donors (Lipinski definition) is 2. The second-order valence-corrected chi connectivity index (χ2v) is 5.09. The Hall–Kier alpha value is -0.860. The molecule has 1 aromatic rings. The first-order valence-electron chi connectivity index (χ1n) is 6.03. The molecular formula is C14H21NO. The van der Waals surface area contributed by atoms with Gasteiger partial charge < -0.3 is 10.4 Å². The van der Waals surface area contributed by atoms with E-state index in [4.69, 9.17) is 0 Å². The van der Waals surface area contributed by atoms with Crippen LogP contribution in [0.25, 0.3) is 0 Å². The van der Waals surface area contributed by atoms with Gasteiger partial charge in [-0.05, 0) is 50.3 Å². The lowest BCUT2D eigenvalue weighted by Crippen LogP contribution is -2.36. The number of aliphatic hydroxyl groups excluding tert-OH is 1. The van der Waals surface area contributed by atoms with Gasteiger partial charge in [-0.25, -0.2) is 0 Å². The summed E-state index contributed by atoms with van der Waals surface area (Å²) in [7, 11) is 0. The number of hydrogen-bond acceptors (Lipinski definition) is 2. The summed E-state index contributed by atoms with van der Waals surface area (Å²) >= 11 is 0.